The highest BCUT2D eigenvalue weighted by molar-refractivity contribution is 7.89. The number of hydrogen-bond donors (Lipinski definition) is 3. The Balaban J connectivity index is 2.16. The molecule has 0 amide bonds. The minimum Gasteiger partial charge on any atom is -0.480 e. The Morgan fingerprint density at radius 1 is 1.32 bits per heavy atom. The first kappa shape index (κ1) is 18.6. The van der Waals surface area contributed by atoms with E-state index in [4.69, 9.17) is 4.74 Å². The van der Waals surface area contributed by atoms with Crippen molar-refractivity contribution in [2.24, 2.45) is 0 Å². The molecule has 1 heterocycles. The molecule has 0 unspecified atom stereocenters. The molecule has 25 heavy (non-hydrogen) atoms. The Labute approximate surface area is 144 Å². The summed E-state index contributed by atoms with van der Waals surface area (Å²) in [4.78, 5) is 29.2. The number of H-pyrrole nitrogens is 1. The van der Waals surface area contributed by atoms with Crippen molar-refractivity contribution in [2.45, 2.75) is 24.3 Å². The molecule has 10 heteroatoms. The molecule has 3 N–H and O–H groups in total. The lowest BCUT2D eigenvalue weighted by Gasteiger charge is -2.14. The van der Waals surface area contributed by atoms with Gasteiger partial charge < -0.3 is 14.8 Å². The van der Waals surface area contributed by atoms with Gasteiger partial charge in [0.15, 0.2) is 0 Å². The van der Waals surface area contributed by atoms with E-state index in [0.29, 0.717) is 5.69 Å². The van der Waals surface area contributed by atoms with Crippen molar-refractivity contribution >= 4 is 22.0 Å². The third-order valence-corrected chi connectivity index (χ3v) is 4.74. The molecule has 134 valence electrons. The number of nitrogens with zero attached hydrogens (tertiary/aromatic N) is 1. The minimum atomic E-state index is -4.08. The number of nitrogens with one attached hydrogen (secondary N) is 2. The number of aromatic nitrogens is 2. The molecule has 0 fully saturated rings. The number of carbonyl (C=O) groups excluding carboxylic acids is 1. The van der Waals surface area contributed by atoms with Crippen molar-refractivity contribution in [3.05, 3.63) is 48.0 Å². The van der Waals surface area contributed by atoms with Gasteiger partial charge in [0.25, 0.3) is 0 Å². The van der Waals surface area contributed by atoms with Crippen molar-refractivity contribution in [3.8, 4) is 0 Å². The Morgan fingerprint density at radius 3 is 2.52 bits per heavy atom. The van der Waals surface area contributed by atoms with E-state index in [0.717, 1.165) is 0 Å². The van der Waals surface area contributed by atoms with E-state index in [2.05, 4.69) is 14.7 Å². The van der Waals surface area contributed by atoms with Crippen LogP contribution >= 0.6 is 0 Å². The van der Waals surface area contributed by atoms with Crippen LogP contribution in [0.4, 0.5) is 0 Å². The predicted molar refractivity (Wildman–Crippen MR) is 86.4 cm³/mol. The molecule has 0 aliphatic carbocycles. The zero-order valence-electron chi connectivity index (χ0n) is 13.3. The number of aromatic amines is 1. The standard InChI is InChI=1S/C15H17N3O6S/c1-2-24-15(21)10-3-5-12(6-4-10)25(22,23)18-13(14(19)20)7-11-8-16-9-17-11/h3-6,8-9,13,18H,2,7H2,1H3,(H,16,17)(H,19,20)/t13-/m1/s1. The fourth-order valence-electron chi connectivity index (χ4n) is 2.04. The van der Waals surface area contributed by atoms with Crippen molar-refractivity contribution in [1.29, 1.82) is 0 Å². The quantitative estimate of drug-likeness (QED) is 0.579. The molecule has 0 aliphatic heterocycles. The van der Waals surface area contributed by atoms with E-state index in [-0.39, 0.29) is 23.5 Å². The number of hydrogen-bond acceptors (Lipinski definition) is 6. The first-order chi connectivity index (χ1) is 11.8. The monoisotopic (exact) mass is 367 g/mol. The second kappa shape index (κ2) is 7.90. The first-order valence-electron chi connectivity index (χ1n) is 7.33. The first-order valence-corrected chi connectivity index (χ1v) is 8.81. The second-order valence-electron chi connectivity index (χ2n) is 5.04. The van der Waals surface area contributed by atoms with Crippen LogP contribution in [0, 0.1) is 0 Å². The normalized spacial score (nSPS) is 12.5. The van der Waals surface area contributed by atoms with Crippen molar-refractivity contribution in [2.75, 3.05) is 6.61 Å². The van der Waals surface area contributed by atoms with E-state index in [9.17, 15) is 23.1 Å². The van der Waals surface area contributed by atoms with Crippen LogP contribution in [0.2, 0.25) is 0 Å². The number of carbonyl (C=O) groups is 2. The summed E-state index contributed by atoms with van der Waals surface area (Å²) in [6.07, 6.45) is 2.70. The molecule has 0 spiro atoms. The summed E-state index contributed by atoms with van der Waals surface area (Å²) in [5.74, 6) is -1.89. The third-order valence-electron chi connectivity index (χ3n) is 3.25. The largest absolute Gasteiger partial charge is 0.480 e. The summed E-state index contributed by atoms with van der Waals surface area (Å²) < 4.78 is 31.7. The van der Waals surface area contributed by atoms with Gasteiger partial charge in [-0.3, -0.25) is 4.79 Å². The lowest BCUT2D eigenvalue weighted by Crippen LogP contribution is -2.42. The van der Waals surface area contributed by atoms with Crippen molar-refractivity contribution < 1.29 is 27.9 Å². The van der Waals surface area contributed by atoms with Crippen LogP contribution in [0.3, 0.4) is 0 Å². The average Bonchev–Trinajstić information content (AvgIpc) is 3.07. The van der Waals surface area contributed by atoms with Crippen molar-refractivity contribution in [1.82, 2.24) is 14.7 Å². The molecule has 1 aromatic carbocycles. The van der Waals surface area contributed by atoms with Gasteiger partial charge in [-0.25, -0.2) is 18.2 Å². The van der Waals surface area contributed by atoms with E-state index in [1.165, 1.54) is 36.8 Å². The van der Waals surface area contributed by atoms with E-state index in [1.807, 2.05) is 0 Å². The summed E-state index contributed by atoms with van der Waals surface area (Å²) in [5, 5.41) is 9.24. The number of benzene rings is 1. The number of aliphatic carboxylic acids is 1. The maximum absolute atomic E-state index is 12.4. The molecular formula is C15H17N3O6S. The average molecular weight is 367 g/mol. The molecule has 0 aliphatic rings. The van der Waals surface area contributed by atoms with E-state index < -0.39 is 28.0 Å². The number of rotatable bonds is 8. The lowest BCUT2D eigenvalue weighted by molar-refractivity contribution is -0.138. The zero-order chi connectivity index (χ0) is 18.4. The molecule has 0 saturated carbocycles. The molecular weight excluding hydrogens is 350 g/mol. The summed E-state index contributed by atoms with van der Waals surface area (Å²) in [6.45, 7) is 1.86. The molecule has 0 bridgehead atoms. The highest BCUT2D eigenvalue weighted by Crippen LogP contribution is 2.13. The van der Waals surface area contributed by atoms with Gasteiger partial charge in [-0.15, -0.1) is 0 Å². The maximum atomic E-state index is 12.4. The summed E-state index contributed by atoms with van der Waals surface area (Å²) in [7, 11) is -4.08. The number of carboxylic acid groups (broad SMARTS) is 1. The Hall–Kier alpha value is -2.72. The number of imidazole rings is 1. The minimum absolute atomic E-state index is 0.0878. The maximum Gasteiger partial charge on any atom is 0.338 e. The molecule has 0 saturated heterocycles. The van der Waals surface area contributed by atoms with Gasteiger partial charge in [-0.1, -0.05) is 0 Å². The highest BCUT2D eigenvalue weighted by Gasteiger charge is 2.26. The number of esters is 1. The second-order valence-corrected chi connectivity index (χ2v) is 6.75. The van der Waals surface area contributed by atoms with Gasteiger partial charge in [0.1, 0.15) is 6.04 Å². The topological polar surface area (TPSA) is 138 Å². The predicted octanol–water partition coefficient (Wildman–Crippen LogP) is 0.561. The van der Waals surface area contributed by atoms with E-state index >= 15 is 0 Å². The Kier molecular flexibility index (Phi) is 5.88. The van der Waals surface area contributed by atoms with Crippen LogP contribution in [0.1, 0.15) is 23.0 Å². The van der Waals surface area contributed by atoms with Crippen LogP contribution < -0.4 is 4.72 Å². The van der Waals surface area contributed by atoms with Gasteiger partial charge in [-0.05, 0) is 31.2 Å². The van der Waals surface area contributed by atoms with E-state index in [1.54, 1.807) is 6.92 Å². The molecule has 1 atom stereocenters. The Bertz CT molecular complexity index is 831. The van der Waals surface area contributed by atoms with Gasteiger partial charge >= 0.3 is 11.9 Å². The molecule has 9 nitrogen and oxygen atoms in total. The van der Waals surface area contributed by atoms with Crippen LogP contribution in [-0.4, -0.2) is 48.1 Å². The molecule has 2 aromatic rings. The summed E-state index contributed by atoms with van der Waals surface area (Å²) >= 11 is 0. The van der Waals surface area contributed by atoms with Gasteiger partial charge in [0.05, 0.1) is 23.4 Å². The van der Waals surface area contributed by atoms with Crippen LogP contribution in [0.15, 0.2) is 41.7 Å². The third kappa shape index (κ3) is 4.88. The van der Waals surface area contributed by atoms with Gasteiger partial charge in [0.2, 0.25) is 10.0 Å². The van der Waals surface area contributed by atoms with Crippen molar-refractivity contribution in [3.63, 3.8) is 0 Å². The molecule has 1 aromatic heterocycles. The van der Waals surface area contributed by atoms with Crippen LogP contribution in [0.5, 0.6) is 0 Å². The fourth-order valence-corrected chi connectivity index (χ4v) is 3.22. The zero-order valence-corrected chi connectivity index (χ0v) is 14.1. The smallest absolute Gasteiger partial charge is 0.338 e. The number of sulfonamides is 1. The Morgan fingerprint density at radius 2 is 2.00 bits per heavy atom. The molecule has 2 rings (SSSR count). The highest BCUT2D eigenvalue weighted by atomic mass is 32.2. The molecule has 0 radical (unpaired) electrons. The van der Waals surface area contributed by atoms with Crippen LogP contribution in [0.25, 0.3) is 0 Å². The van der Waals surface area contributed by atoms with Gasteiger partial charge in [-0.2, -0.15) is 4.72 Å². The summed E-state index contributed by atoms with van der Waals surface area (Å²) in [6, 6.07) is 3.66. The number of ether oxygens (including phenoxy) is 1. The fraction of sp³-hybridized carbons (Fsp3) is 0.267. The van der Waals surface area contributed by atoms with Crippen LogP contribution in [-0.2, 0) is 26.0 Å². The van der Waals surface area contributed by atoms with Gasteiger partial charge in [0, 0.05) is 18.3 Å². The summed E-state index contributed by atoms with van der Waals surface area (Å²) in [5.41, 5.74) is 0.681. The SMILES string of the molecule is CCOC(=O)c1ccc(S(=O)(=O)N[C@H](Cc2cnc[nH]2)C(=O)O)cc1. The number of carboxylic acids is 1. The lowest BCUT2D eigenvalue weighted by atomic mass is 10.2.